The van der Waals surface area contributed by atoms with E-state index in [9.17, 15) is 9.59 Å². The fourth-order valence-corrected chi connectivity index (χ4v) is 3.30. The van der Waals surface area contributed by atoms with Gasteiger partial charge in [0.2, 0.25) is 5.91 Å². The van der Waals surface area contributed by atoms with Gasteiger partial charge in [0, 0.05) is 0 Å². The Balaban J connectivity index is 2.45. The Labute approximate surface area is 129 Å². The molecule has 1 atom stereocenters. The van der Waals surface area contributed by atoms with E-state index >= 15 is 0 Å². The second-order valence-corrected chi connectivity index (χ2v) is 6.88. The Morgan fingerprint density at radius 3 is 2.05 bits per heavy atom. The number of nitrogens with zero attached hydrogens (tertiary/aromatic N) is 1. The average Bonchev–Trinajstić information content (AvgIpc) is 2.45. The number of hydrogen-bond donors (Lipinski definition) is 1. The van der Waals surface area contributed by atoms with Crippen molar-refractivity contribution in [3.63, 3.8) is 0 Å². The van der Waals surface area contributed by atoms with Crippen molar-refractivity contribution in [3.05, 3.63) is 0 Å². The molecule has 0 aromatic heterocycles. The van der Waals surface area contributed by atoms with Gasteiger partial charge in [0.05, 0.1) is 12.6 Å². The molecule has 0 radical (unpaired) electrons. The summed E-state index contributed by atoms with van der Waals surface area (Å²) < 4.78 is 0. The number of nitrogens with one attached hydrogen (secondary N) is 1. The minimum Gasteiger partial charge on any atom is -0.345 e. The van der Waals surface area contributed by atoms with Crippen molar-refractivity contribution in [3.8, 4) is 0 Å². The van der Waals surface area contributed by atoms with Gasteiger partial charge < -0.3 is 5.32 Å². The van der Waals surface area contributed by atoms with Crippen molar-refractivity contribution in [1.29, 1.82) is 0 Å². The molecule has 122 valence electrons. The highest BCUT2D eigenvalue weighted by Gasteiger charge is 2.32. The number of amides is 1. The number of rotatable bonds is 7. The molecule has 0 aliphatic carbocycles. The van der Waals surface area contributed by atoms with Gasteiger partial charge >= 0.3 is 0 Å². The van der Waals surface area contributed by atoms with Crippen LogP contribution in [0.1, 0.15) is 60.3 Å². The lowest BCUT2D eigenvalue weighted by molar-refractivity contribution is -0.128. The van der Waals surface area contributed by atoms with Crippen molar-refractivity contribution >= 4 is 11.7 Å². The van der Waals surface area contributed by atoms with Gasteiger partial charge in [0.15, 0.2) is 5.78 Å². The molecule has 1 amide bonds. The van der Waals surface area contributed by atoms with Gasteiger partial charge in [-0.3, -0.25) is 14.5 Å². The van der Waals surface area contributed by atoms with Crippen LogP contribution in [0.15, 0.2) is 0 Å². The molecule has 21 heavy (non-hydrogen) atoms. The van der Waals surface area contributed by atoms with Crippen molar-refractivity contribution < 1.29 is 9.59 Å². The third kappa shape index (κ3) is 5.10. The average molecular weight is 296 g/mol. The van der Waals surface area contributed by atoms with Gasteiger partial charge in [-0.2, -0.15) is 0 Å². The van der Waals surface area contributed by atoms with E-state index < -0.39 is 0 Å². The molecule has 1 saturated heterocycles. The third-order valence-electron chi connectivity index (χ3n) is 5.21. The SMILES string of the molecule is CCC1(CC)CCN(CC(=O)NC(C(C)=O)C(C)C)CC1. The Hall–Kier alpha value is -0.900. The molecule has 0 aromatic carbocycles. The second-order valence-electron chi connectivity index (χ2n) is 6.88. The molecule has 4 nitrogen and oxygen atoms in total. The molecule has 0 bridgehead atoms. The molecule has 0 aromatic rings. The second kappa shape index (κ2) is 7.92. The molecule has 4 heteroatoms. The predicted molar refractivity (Wildman–Crippen MR) is 86.1 cm³/mol. The lowest BCUT2D eigenvalue weighted by atomic mass is 9.74. The molecule has 1 heterocycles. The van der Waals surface area contributed by atoms with Crippen LogP contribution in [-0.4, -0.2) is 42.3 Å². The van der Waals surface area contributed by atoms with Crippen molar-refractivity contribution in [2.45, 2.75) is 66.3 Å². The summed E-state index contributed by atoms with van der Waals surface area (Å²) in [4.78, 5) is 25.9. The summed E-state index contributed by atoms with van der Waals surface area (Å²) in [6, 6.07) is -0.354. The van der Waals surface area contributed by atoms with Crippen molar-refractivity contribution in [2.75, 3.05) is 19.6 Å². The van der Waals surface area contributed by atoms with E-state index in [0.717, 1.165) is 13.1 Å². The number of carbonyl (C=O) groups excluding carboxylic acids is 2. The van der Waals surface area contributed by atoms with Crippen LogP contribution in [0.4, 0.5) is 0 Å². The van der Waals surface area contributed by atoms with Crippen molar-refractivity contribution in [2.24, 2.45) is 11.3 Å². The van der Waals surface area contributed by atoms with E-state index in [2.05, 4.69) is 24.1 Å². The van der Waals surface area contributed by atoms with Gasteiger partial charge in [0.1, 0.15) is 0 Å². The van der Waals surface area contributed by atoms with Gasteiger partial charge in [0.25, 0.3) is 0 Å². The maximum atomic E-state index is 12.1. The van der Waals surface area contributed by atoms with Crippen LogP contribution in [0.25, 0.3) is 0 Å². The first-order valence-electron chi connectivity index (χ1n) is 8.35. The fourth-order valence-electron chi connectivity index (χ4n) is 3.30. The molecule has 1 rings (SSSR count). The first-order valence-corrected chi connectivity index (χ1v) is 8.35. The standard InChI is InChI=1S/C17H32N2O2/c1-6-17(7-2)8-10-19(11-9-17)12-15(21)18-16(13(3)4)14(5)20/h13,16H,6-12H2,1-5H3,(H,18,21). The summed E-state index contributed by atoms with van der Waals surface area (Å²) in [5.74, 6) is 0.151. The monoisotopic (exact) mass is 296 g/mol. The summed E-state index contributed by atoms with van der Waals surface area (Å²) in [6.07, 6.45) is 4.80. The van der Waals surface area contributed by atoms with E-state index in [4.69, 9.17) is 0 Å². The highest BCUT2D eigenvalue weighted by molar-refractivity contribution is 5.88. The van der Waals surface area contributed by atoms with Gasteiger partial charge in [-0.15, -0.1) is 0 Å². The smallest absolute Gasteiger partial charge is 0.234 e. The molecular weight excluding hydrogens is 264 g/mol. The summed E-state index contributed by atoms with van der Waals surface area (Å²) in [5.41, 5.74) is 0.479. The van der Waals surface area contributed by atoms with Gasteiger partial charge in [-0.1, -0.05) is 40.5 Å². The lowest BCUT2D eigenvalue weighted by Gasteiger charge is -2.40. The van der Waals surface area contributed by atoms with Crippen LogP contribution < -0.4 is 5.32 Å². The van der Waals surface area contributed by atoms with E-state index in [1.165, 1.54) is 25.7 Å². The topological polar surface area (TPSA) is 49.4 Å². The number of ketones is 1. The maximum Gasteiger partial charge on any atom is 0.234 e. The molecule has 1 fully saturated rings. The van der Waals surface area contributed by atoms with Crippen LogP contribution in [0.3, 0.4) is 0 Å². The van der Waals surface area contributed by atoms with Crippen molar-refractivity contribution in [1.82, 2.24) is 10.2 Å². The van der Waals surface area contributed by atoms with E-state index in [1.807, 2.05) is 13.8 Å². The summed E-state index contributed by atoms with van der Waals surface area (Å²) in [6.45, 7) is 12.4. The molecule has 0 spiro atoms. The zero-order valence-corrected chi connectivity index (χ0v) is 14.4. The highest BCUT2D eigenvalue weighted by Crippen LogP contribution is 2.37. The lowest BCUT2D eigenvalue weighted by Crippen LogP contribution is -2.49. The zero-order valence-electron chi connectivity index (χ0n) is 14.4. The van der Waals surface area contributed by atoms with E-state index in [-0.39, 0.29) is 23.7 Å². The molecule has 1 aliphatic heterocycles. The van der Waals surface area contributed by atoms with Crippen LogP contribution in [0, 0.1) is 11.3 Å². The molecule has 1 aliphatic rings. The van der Waals surface area contributed by atoms with Crippen LogP contribution >= 0.6 is 0 Å². The van der Waals surface area contributed by atoms with Crippen LogP contribution in [0.5, 0.6) is 0 Å². The summed E-state index contributed by atoms with van der Waals surface area (Å²) in [5, 5.41) is 2.88. The minimum atomic E-state index is -0.354. The quantitative estimate of drug-likeness (QED) is 0.785. The predicted octanol–water partition coefficient (Wildman–Crippen LogP) is 2.62. The van der Waals surface area contributed by atoms with Gasteiger partial charge in [-0.05, 0) is 44.2 Å². The van der Waals surface area contributed by atoms with E-state index in [0.29, 0.717) is 12.0 Å². The first kappa shape index (κ1) is 18.1. The normalized spacial score (nSPS) is 20.3. The Morgan fingerprint density at radius 2 is 1.67 bits per heavy atom. The number of Topliss-reactive ketones (excluding diaryl/α,β-unsaturated/α-hetero) is 1. The number of carbonyl (C=O) groups is 2. The number of hydrogen-bond acceptors (Lipinski definition) is 3. The van der Waals surface area contributed by atoms with Gasteiger partial charge in [-0.25, -0.2) is 0 Å². The van der Waals surface area contributed by atoms with E-state index in [1.54, 1.807) is 6.92 Å². The Kier molecular flexibility index (Phi) is 6.85. The van der Waals surface area contributed by atoms with Crippen LogP contribution in [0.2, 0.25) is 0 Å². The largest absolute Gasteiger partial charge is 0.345 e. The Morgan fingerprint density at radius 1 is 1.14 bits per heavy atom. The maximum absolute atomic E-state index is 12.1. The highest BCUT2D eigenvalue weighted by atomic mass is 16.2. The number of piperidine rings is 1. The molecule has 0 saturated carbocycles. The van der Waals surface area contributed by atoms with Crippen LogP contribution in [-0.2, 0) is 9.59 Å². The fraction of sp³-hybridized carbons (Fsp3) is 0.882. The number of likely N-dealkylation sites (tertiary alicyclic amines) is 1. The molecule has 1 unspecified atom stereocenters. The molecular formula is C17H32N2O2. The summed E-state index contributed by atoms with van der Waals surface area (Å²) in [7, 11) is 0. The third-order valence-corrected chi connectivity index (χ3v) is 5.21. The Bertz CT molecular complexity index is 352. The molecule has 1 N–H and O–H groups in total. The first-order chi connectivity index (χ1) is 9.83. The summed E-state index contributed by atoms with van der Waals surface area (Å²) >= 11 is 0. The zero-order chi connectivity index (χ0) is 16.0. The minimum absolute atomic E-state index is 0.0237.